The highest BCUT2D eigenvalue weighted by atomic mass is 16.2. The molecule has 25 heavy (non-hydrogen) atoms. The molecule has 0 bridgehead atoms. The summed E-state index contributed by atoms with van der Waals surface area (Å²) in [4.78, 5) is 37.6. The highest BCUT2D eigenvalue weighted by Crippen LogP contribution is 2.11. The summed E-state index contributed by atoms with van der Waals surface area (Å²) in [6, 6.07) is 6.62. The molecular formula is C18H24N4O3. The second-order valence-electron chi connectivity index (χ2n) is 6.18. The molecule has 0 atom stereocenters. The molecule has 0 unspecified atom stereocenters. The summed E-state index contributed by atoms with van der Waals surface area (Å²) in [6.45, 7) is 6.36. The van der Waals surface area contributed by atoms with Crippen LogP contribution in [-0.2, 0) is 9.59 Å². The van der Waals surface area contributed by atoms with Crippen molar-refractivity contribution in [2.75, 3.05) is 38.5 Å². The summed E-state index contributed by atoms with van der Waals surface area (Å²) < 4.78 is 0. The van der Waals surface area contributed by atoms with Gasteiger partial charge in [0.25, 0.3) is 11.8 Å². The molecule has 1 aliphatic heterocycles. The molecule has 0 aromatic heterocycles. The molecule has 2 N–H and O–H groups in total. The van der Waals surface area contributed by atoms with Crippen LogP contribution in [0.5, 0.6) is 0 Å². The molecule has 2 rings (SSSR count). The highest BCUT2D eigenvalue weighted by Gasteiger charge is 2.15. The van der Waals surface area contributed by atoms with Gasteiger partial charge in [-0.3, -0.25) is 19.8 Å². The Hall–Kier alpha value is -2.51. The van der Waals surface area contributed by atoms with E-state index >= 15 is 0 Å². The standard InChI is InChI=1S/C18H24N4O3/c1-13(12-17(24)20-22-10-8-21(3)9-11-22)18(25)19-16-6-4-15(5-7-16)14(2)23/h4-7,12H,8-11H2,1-3H3,(H,19,25)(H,20,24)/b13-12-. The lowest BCUT2D eigenvalue weighted by atomic mass is 10.1. The fraction of sp³-hybridized carbons (Fsp3) is 0.389. The Balaban J connectivity index is 1.88. The Kier molecular flexibility index (Phi) is 6.44. The number of ketones is 1. The first-order valence-corrected chi connectivity index (χ1v) is 8.20. The molecular weight excluding hydrogens is 320 g/mol. The minimum atomic E-state index is -0.357. The van der Waals surface area contributed by atoms with E-state index in [4.69, 9.17) is 0 Å². The zero-order valence-electron chi connectivity index (χ0n) is 14.8. The van der Waals surface area contributed by atoms with E-state index in [0.717, 1.165) is 26.2 Å². The normalized spacial score (nSPS) is 16.4. The Morgan fingerprint density at radius 3 is 2.16 bits per heavy atom. The largest absolute Gasteiger partial charge is 0.322 e. The van der Waals surface area contributed by atoms with Crippen molar-refractivity contribution in [3.05, 3.63) is 41.5 Å². The van der Waals surface area contributed by atoms with Gasteiger partial charge in [-0.05, 0) is 45.2 Å². The van der Waals surface area contributed by atoms with Gasteiger partial charge in [0.05, 0.1) is 0 Å². The fourth-order valence-corrected chi connectivity index (χ4v) is 2.39. The summed E-state index contributed by atoms with van der Waals surface area (Å²) in [6.07, 6.45) is 1.29. The molecule has 1 fully saturated rings. The summed E-state index contributed by atoms with van der Waals surface area (Å²) in [5, 5.41) is 4.56. The van der Waals surface area contributed by atoms with Crippen molar-refractivity contribution in [2.45, 2.75) is 13.8 Å². The third-order valence-electron chi connectivity index (χ3n) is 4.03. The number of Topliss-reactive ketones (excluding diaryl/α,β-unsaturated/α-hetero) is 1. The third kappa shape index (κ3) is 5.81. The fourth-order valence-electron chi connectivity index (χ4n) is 2.39. The molecule has 7 heteroatoms. The summed E-state index contributed by atoms with van der Waals surface area (Å²) in [5.74, 6) is -0.706. The van der Waals surface area contributed by atoms with Crippen LogP contribution in [0.3, 0.4) is 0 Å². The van der Waals surface area contributed by atoms with Gasteiger partial charge < -0.3 is 10.2 Å². The summed E-state index contributed by atoms with van der Waals surface area (Å²) in [5.41, 5.74) is 4.24. The minimum Gasteiger partial charge on any atom is -0.322 e. The maximum Gasteiger partial charge on any atom is 0.258 e. The number of carbonyl (C=O) groups is 3. The molecule has 1 aromatic carbocycles. The van der Waals surface area contributed by atoms with E-state index in [2.05, 4.69) is 15.6 Å². The number of rotatable bonds is 5. The number of nitrogens with one attached hydrogen (secondary N) is 2. The van der Waals surface area contributed by atoms with E-state index in [1.165, 1.54) is 13.0 Å². The average molecular weight is 344 g/mol. The molecule has 1 heterocycles. The van der Waals surface area contributed by atoms with Crippen molar-refractivity contribution >= 4 is 23.3 Å². The van der Waals surface area contributed by atoms with Gasteiger partial charge in [-0.25, -0.2) is 5.01 Å². The van der Waals surface area contributed by atoms with Crippen molar-refractivity contribution in [3.8, 4) is 0 Å². The Labute approximate surface area is 147 Å². The summed E-state index contributed by atoms with van der Waals surface area (Å²) in [7, 11) is 2.04. The van der Waals surface area contributed by atoms with Crippen LogP contribution in [0.25, 0.3) is 0 Å². The van der Waals surface area contributed by atoms with Crippen LogP contribution in [0.2, 0.25) is 0 Å². The number of anilines is 1. The highest BCUT2D eigenvalue weighted by molar-refractivity contribution is 6.07. The monoisotopic (exact) mass is 344 g/mol. The molecule has 134 valence electrons. The van der Waals surface area contributed by atoms with Gasteiger partial charge in [0.15, 0.2) is 5.78 Å². The average Bonchev–Trinajstić information content (AvgIpc) is 2.57. The molecule has 7 nitrogen and oxygen atoms in total. The minimum absolute atomic E-state index is 0.0328. The van der Waals surface area contributed by atoms with Crippen LogP contribution in [0.15, 0.2) is 35.9 Å². The maximum atomic E-state index is 12.2. The predicted molar refractivity (Wildman–Crippen MR) is 96.0 cm³/mol. The Bertz CT molecular complexity index is 674. The number of amides is 2. The predicted octanol–water partition coefficient (Wildman–Crippen LogP) is 1.05. The molecule has 0 aliphatic carbocycles. The van der Waals surface area contributed by atoms with E-state index in [9.17, 15) is 14.4 Å². The molecule has 0 saturated carbocycles. The lowest BCUT2D eigenvalue weighted by Crippen LogP contribution is -2.52. The molecule has 0 spiro atoms. The first-order chi connectivity index (χ1) is 11.8. The Morgan fingerprint density at radius 1 is 1.00 bits per heavy atom. The number of hydrogen-bond acceptors (Lipinski definition) is 5. The zero-order valence-corrected chi connectivity index (χ0v) is 14.8. The molecule has 2 amide bonds. The number of nitrogens with zero attached hydrogens (tertiary/aromatic N) is 2. The van der Waals surface area contributed by atoms with Crippen LogP contribution in [0.1, 0.15) is 24.2 Å². The second kappa shape index (κ2) is 8.55. The first-order valence-electron chi connectivity index (χ1n) is 8.20. The number of piperazine rings is 1. The van der Waals surface area contributed by atoms with Crippen molar-refractivity contribution in [1.82, 2.24) is 15.3 Å². The van der Waals surface area contributed by atoms with Crippen molar-refractivity contribution in [1.29, 1.82) is 0 Å². The van der Waals surface area contributed by atoms with E-state index in [-0.39, 0.29) is 17.6 Å². The molecule has 0 radical (unpaired) electrons. The Morgan fingerprint density at radius 2 is 1.60 bits per heavy atom. The van der Waals surface area contributed by atoms with Crippen LogP contribution >= 0.6 is 0 Å². The number of likely N-dealkylation sites (N-methyl/N-ethyl adjacent to an activating group) is 1. The van der Waals surface area contributed by atoms with Gasteiger partial charge >= 0.3 is 0 Å². The maximum absolute atomic E-state index is 12.2. The van der Waals surface area contributed by atoms with E-state index < -0.39 is 0 Å². The van der Waals surface area contributed by atoms with Crippen LogP contribution in [-0.4, -0.2) is 60.7 Å². The van der Waals surface area contributed by atoms with Crippen molar-refractivity contribution in [3.63, 3.8) is 0 Å². The summed E-state index contributed by atoms with van der Waals surface area (Å²) >= 11 is 0. The lowest BCUT2D eigenvalue weighted by molar-refractivity contribution is -0.122. The zero-order chi connectivity index (χ0) is 18.4. The second-order valence-corrected chi connectivity index (χ2v) is 6.18. The number of hydrogen-bond donors (Lipinski definition) is 2. The van der Waals surface area contributed by atoms with Gasteiger partial charge in [0.2, 0.25) is 0 Å². The quantitative estimate of drug-likeness (QED) is 0.616. The molecule has 1 aliphatic rings. The molecule has 1 aromatic rings. The first kappa shape index (κ1) is 18.8. The van der Waals surface area contributed by atoms with Crippen molar-refractivity contribution < 1.29 is 14.4 Å². The van der Waals surface area contributed by atoms with Gasteiger partial charge in [-0.2, -0.15) is 0 Å². The van der Waals surface area contributed by atoms with Gasteiger partial charge in [0, 0.05) is 49.1 Å². The van der Waals surface area contributed by atoms with Crippen molar-refractivity contribution in [2.24, 2.45) is 0 Å². The van der Waals surface area contributed by atoms with E-state index in [1.807, 2.05) is 12.1 Å². The van der Waals surface area contributed by atoms with Gasteiger partial charge in [-0.15, -0.1) is 0 Å². The van der Waals surface area contributed by atoms with Gasteiger partial charge in [0.1, 0.15) is 0 Å². The van der Waals surface area contributed by atoms with Crippen LogP contribution < -0.4 is 10.7 Å². The van der Waals surface area contributed by atoms with Crippen LogP contribution in [0, 0.1) is 0 Å². The molecule has 1 saturated heterocycles. The number of hydrazine groups is 1. The van der Waals surface area contributed by atoms with Crippen LogP contribution in [0.4, 0.5) is 5.69 Å². The lowest BCUT2D eigenvalue weighted by Gasteiger charge is -2.32. The smallest absolute Gasteiger partial charge is 0.258 e. The third-order valence-corrected chi connectivity index (χ3v) is 4.03. The topological polar surface area (TPSA) is 81.7 Å². The number of carbonyl (C=O) groups excluding carboxylic acids is 3. The van der Waals surface area contributed by atoms with E-state index in [1.54, 1.807) is 31.2 Å². The van der Waals surface area contributed by atoms with Gasteiger partial charge in [-0.1, -0.05) is 0 Å². The number of benzene rings is 1. The van der Waals surface area contributed by atoms with E-state index in [0.29, 0.717) is 16.8 Å². The SMILES string of the molecule is CC(=O)c1ccc(NC(=O)/C(C)=C\C(=O)NN2CCN(C)CC2)cc1.